The minimum absolute atomic E-state index is 0.0793. The van der Waals surface area contributed by atoms with E-state index in [2.05, 4.69) is 10.4 Å². The van der Waals surface area contributed by atoms with Gasteiger partial charge in [0.15, 0.2) is 0 Å². The maximum Gasteiger partial charge on any atom is 0.333 e. The van der Waals surface area contributed by atoms with E-state index in [9.17, 15) is 4.79 Å². The van der Waals surface area contributed by atoms with Gasteiger partial charge in [0, 0.05) is 12.7 Å². The number of amides is 2. The lowest BCUT2D eigenvalue weighted by molar-refractivity contribution is 0.248. The minimum atomic E-state index is -0.647. The Morgan fingerprint density at radius 2 is 2.50 bits per heavy atom. The number of hydrogen-bond donors (Lipinski definition) is 3. The normalized spacial score (nSPS) is 9.79. The number of aromatic nitrogens is 1. The monoisotopic (exact) mass is 196 g/mol. The van der Waals surface area contributed by atoms with E-state index < -0.39 is 6.03 Å². The Morgan fingerprint density at radius 3 is 3.00 bits per heavy atom. The van der Waals surface area contributed by atoms with Crippen molar-refractivity contribution in [1.82, 2.24) is 10.4 Å². The van der Waals surface area contributed by atoms with E-state index in [0.29, 0.717) is 5.69 Å². The molecule has 6 heteroatoms. The van der Waals surface area contributed by atoms with Crippen molar-refractivity contribution in [1.29, 1.82) is 0 Å². The molecular formula is C8H12N4O2. The number of aliphatic hydroxyl groups excluding tert-OH is 1. The maximum absolute atomic E-state index is 11.0. The van der Waals surface area contributed by atoms with Crippen LogP contribution in [-0.2, 0) is 0 Å². The molecule has 0 aliphatic heterocycles. The van der Waals surface area contributed by atoms with E-state index in [1.807, 2.05) is 0 Å². The number of nitrogens with two attached hydrogens (primary N) is 1. The molecule has 1 aromatic rings. The van der Waals surface area contributed by atoms with Crippen LogP contribution in [0.25, 0.3) is 0 Å². The van der Waals surface area contributed by atoms with Crippen LogP contribution in [0.2, 0.25) is 0 Å². The van der Waals surface area contributed by atoms with Crippen LogP contribution in [-0.4, -0.2) is 29.3 Å². The van der Waals surface area contributed by atoms with Crippen LogP contribution < -0.4 is 16.2 Å². The number of carbonyl (C=O) groups excluding carboxylic acids is 1. The molecule has 0 spiro atoms. The zero-order chi connectivity index (χ0) is 10.4. The van der Waals surface area contributed by atoms with Crippen LogP contribution in [0.15, 0.2) is 24.5 Å². The number of urea groups is 1. The quantitative estimate of drug-likeness (QED) is 0.564. The van der Waals surface area contributed by atoms with Gasteiger partial charge in [0.1, 0.15) is 0 Å². The molecule has 0 bridgehead atoms. The van der Waals surface area contributed by atoms with Crippen LogP contribution in [0.3, 0.4) is 0 Å². The topological polar surface area (TPSA) is 91.5 Å². The number of pyridine rings is 1. The van der Waals surface area contributed by atoms with Crippen molar-refractivity contribution in [2.75, 3.05) is 18.2 Å². The fourth-order valence-electron chi connectivity index (χ4n) is 0.944. The van der Waals surface area contributed by atoms with Crippen molar-refractivity contribution in [2.24, 2.45) is 5.73 Å². The van der Waals surface area contributed by atoms with E-state index in [1.165, 1.54) is 6.20 Å². The van der Waals surface area contributed by atoms with Crippen LogP contribution in [0.5, 0.6) is 0 Å². The maximum atomic E-state index is 11.0. The van der Waals surface area contributed by atoms with Crippen molar-refractivity contribution < 1.29 is 9.90 Å². The van der Waals surface area contributed by atoms with Crippen molar-refractivity contribution in [3.63, 3.8) is 0 Å². The van der Waals surface area contributed by atoms with E-state index in [1.54, 1.807) is 18.3 Å². The Labute approximate surface area is 81.3 Å². The first kappa shape index (κ1) is 10.4. The Bertz CT molecular complexity index is 291. The first-order valence-corrected chi connectivity index (χ1v) is 4.09. The third kappa shape index (κ3) is 2.68. The summed E-state index contributed by atoms with van der Waals surface area (Å²) in [5, 5.41) is 9.72. The number of aliphatic hydroxyl groups is 1. The van der Waals surface area contributed by atoms with Gasteiger partial charge >= 0.3 is 6.03 Å². The number of primary amides is 1. The highest BCUT2D eigenvalue weighted by Crippen LogP contribution is 2.07. The van der Waals surface area contributed by atoms with Gasteiger partial charge in [0.25, 0.3) is 0 Å². The van der Waals surface area contributed by atoms with Gasteiger partial charge in [-0.3, -0.25) is 4.98 Å². The first-order chi connectivity index (χ1) is 6.75. The number of hydrogen-bond acceptors (Lipinski definition) is 4. The van der Waals surface area contributed by atoms with Crippen molar-refractivity contribution in [3.8, 4) is 0 Å². The summed E-state index contributed by atoms with van der Waals surface area (Å²) in [5.41, 5.74) is 8.31. The molecular weight excluding hydrogens is 184 g/mol. The Kier molecular flexibility index (Phi) is 3.84. The third-order valence-corrected chi connectivity index (χ3v) is 1.51. The second kappa shape index (κ2) is 5.15. The molecule has 14 heavy (non-hydrogen) atoms. The van der Waals surface area contributed by atoms with Crippen LogP contribution in [0, 0.1) is 0 Å². The van der Waals surface area contributed by atoms with Gasteiger partial charge in [-0.25, -0.2) is 15.2 Å². The van der Waals surface area contributed by atoms with Crippen molar-refractivity contribution in [2.45, 2.75) is 0 Å². The average molecular weight is 196 g/mol. The lowest BCUT2D eigenvalue weighted by atomic mass is 10.4. The summed E-state index contributed by atoms with van der Waals surface area (Å²) in [5.74, 6) is 0. The number of rotatable bonds is 4. The first-order valence-electron chi connectivity index (χ1n) is 4.09. The number of carbonyl (C=O) groups is 1. The van der Waals surface area contributed by atoms with E-state index in [4.69, 9.17) is 10.8 Å². The van der Waals surface area contributed by atoms with Gasteiger partial charge in [0.2, 0.25) is 0 Å². The number of anilines is 1. The highest BCUT2D eigenvalue weighted by molar-refractivity contribution is 5.89. The van der Waals surface area contributed by atoms with Crippen LogP contribution in [0.1, 0.15) is 0 Å². The molecule has 0 aromatic carbocycles. The van der Waals surface area contributed by atoms with Gasteiger partial charge in [-0.2, -0.15) is 0 Å². The van der Waals surface area contributed by atoms with Gasteiger partial charge in [-0.1, -0.05) is 0 Å². The number of hydrazine groups is 1. The molecule has 0 radical (unpaired) electrons. The lowest BCUT2D eigenvalue weighted by Crippen LogP contribution is -2.47. The SMILES string of the molecule is NC(=O)N(NCCO)c1cccnc1. The zero-order valence-electron chi connectivity index (χ0n) is 7.55. The molecule has 0 atom stereocenters. The Hall–Kier alpha value is -1.66. The largest absolute Gasteiger partial charge is 0.395 e. The van der Waals surface area contributed by atoms with Crippen molar-refractivity contribution in [3.05, 3.63) is 24.5 Å². The highest BCUT2D eigenvalue weighted by Gasteiger charge is 2.10. The van der Waals surface area contributed by atoms with Gasteiger partial charge < -0.3 is 10.8 Å². The summed E-state index contributed by atoms with van der Waals surface area (Å²) >= 11 is 0. The molecule has 76 valence electrons. The van der Waals surface area contributed by atoms with Crippen LogP contribution in [0.4, 0.5) is 10.5 Å². The molecule has 0 fully saturated rings. The molecule has 4 N–H and O–H groups in total. The summed E-state index contributed by atoms with van der Waals surface area (Å²) in [7, 11) is 0. The fourth-order valence-corrected chi connectivity index (χ4v) is 0.944. The predicted octanol–water partition coefficient (Wildman–Crippen LogP) is -0.536. The summed E-state index contributed by atoms with van der Waals surface area (Å²) in [6.45, 7) is 0.169. The minimum Gasteiger partial charge on any atom is -0.395 e. The molecule has 0 saturated carbocycles. The fraction of sp³-hybridized carbons (Fsp3) is 0.250. The molecule has 1 heterocycles. The lowest BCUT2D eigenvalue weighted by Gasteiger charge is -2.20. The Balaban J connectivity index is 2.73. The molecule has 1 aromatic heterocycles. The van der Waals surface area contributed by atoms with Crippen LogP contribution >= 0.6 is 0 Å². The number of nitrogens with one attached hydrogen (secondary N) is 1. The van der Waals surface area contributed by atoms with E-state index in [0.717, 1.165) is 5.01 Å². The smallest absolute Gasteiger partial charge is 0.333 e. The molecule has 6 nitrogen and oxygen atoms in total. The zero-order valence-corrected chi connectivity index (χ0v) is 7.55. The summed E-state index contributed by atoms with van der Waals surface area (Å²) < 4.78 is 0. The molecule has 0 unspecified atom stereocenters. The predicted molar refractivity (Wildman–Crippen MR) is 51.4 cm³/mol. The van der Waals surface area contributed by atoms with Gasteiger partial charge in [-0.05, 0) is 12.1 Å². The van der Waals surface area contributed by atoms with Crippen molar-refractivity contribution >= 4 is 11.7 Å². The van der Waals surface area contributed by atoms with E-state index in [-0.39, 0.29) is 13.2 Å². The molecule has 0 aliphatic carbocycles. The summed E-state index contributed by atoms with van der Waals surface area (Å²) in [6, 6.07) is 2.72. The number of nitrogens with zero attached hydrogens (tertiary/aromatic N) is 2. The second-order valence-corrected chi connectivity index (χ2v) is 2.52. The highest BCUT2D eigenvalue weighted by atomic mass is 16.3. The third-order valence-electron chi connectivity index (χ3n) is 1.51. The molecule has 2 amide bonds. The molecule has 1 rings (SSSR count). The molecule has 0 saturated heterocycles. The molecule has 0 aliphatic rings. The van der Waals surface area contributed by atoms with E-state index >= 15 is 0 Å². The van der Waals surface area contributed by atoms with Gasteiger partial charge in [-0.15, -0.1) is 0 Å². The van der Waals surface area contributed by atoms with Gasteiger partial charge in [0.05, 0.1) is 18.5 Å². The summed E-state index contributed by atoms with van der Waals surface area (Å²) in [6.07, 6.45) is 3.09. The average Bonchev–Trinajstić information content (AvgIpc) is 2.19. The Morgan fingerprint density at radius 1 is 1.71 bits per heavy atom. The summed E-state index contributed by atoms with van der Waals surface area (Å²) in [4.78, 5) is 14.8. The second-order valence-electron chi connectivity index (χ2n) is 2.52. The standard InChI is InChI=1S/C8H12N4O2/c9-8(14)12(11-4-5-13)7-2-1-3-10-6-7/h1-3,6,11,13H,4-5H2,(H2,9,14).